The lowest BCUT2D eigenvalue weighted by molar-refractivity contribution is -0.0893. The van der Waals surface area contributed by atoms with E-state index in [1.165, 1.54) is 20.9 Å². The maximum absolute atomic E-state index is 10.3. The predicted molar refractivity (Wildman–Crippen MR) is 119 cm³/mol. The zero-order valence-electron chi connectivity index (χ0n) is 15.8. The second-order valence-electron chi connectivity index (χ2n) is 7.91. The highest BCUT2D eigenvalue weighted by Crippen LogP contribution is 2.40. The zero-order valence-corrected chi connectivity index (χ0v) is 17.4. The molecule has 0 saturated heterocycles. The molecule has 137 valence electrons. The fraction of sp³-hybridized carbons (Fsp3) is 0.273. The molecule has 1 radical (unpaired) electrons. The van der Waals surface area contributed by atoms with Gasteiger partial charge in [0.15, 0.2) is 0 Å². The van der Waals surface area contributed by atoms with Gasteiger partial charge in [0.05, 0.1) is 20.9 Å². The number of hydrogen-bond acceptors (Lipinski definition) is 3. The van der Waals surface area contributed by atoms with E-state index < -0.39 is 11.2 Å². The second kappa shape index (κ2) is 6.49. The van der Waals surface area contributed by atoms with Crippen molar-refractivity contribution in [2.45, 2.75) is 38.9 Å². The molecule has 0 fully saturated rings. The van der Waals surface area contributed by atoms with Gasteiger partial charge < -0.3 is 9.76 Å². The first-order valence-electron chi connectivity index (χ1n) is 8.95. The zero-order chi connectivity index (χ0) is 19.4. The van der Waals surface area contributed by atoms with Crippen LogP contribution < -0.4 is 5.46 Å². The Hall–Kier alpha value is -1.59. The molecule has 27 heavy (non-hydrogen) atoms. The van der Waals surface area contributed by atoms with Crippen molar-refractivity contribution < 1.29 is 9.76 Å². The van der Waals surface area contributed by atoms with Crippen molar-refractivity contribution in [1.29, 1.82) is 0 Å². The lowest BCUT2D eigenvalue weighted by atomic mass is 9.82. The minimum absolute atomic E-state index is 0.685. The van der Waals surface area contributed by atoms with Crippen LogP contribution in [-0.4, -0.2) is 23.8 Å². The van der Waals surface area contributed by atoms with E-state index >= 15 is 0 Å². The van der Waals surface area contributed by atoms with Gasteiger partial charge in [0.25, 0.3) is 0 Å². The summed E-state index contributed by atoms with van der Waals surface area (Å²) in [5, 5.41) is 15.9. The van der Waals surface area contributed by atoms with Crippen molar-refractivity contribution in [1.82, 2.24) is 0 Å². The van der Waals surface area contributed by atoms with Crippen molar-refractivity contribution in [3.63, 3.8) is 0 Å². The van der Waals surface area contributed by atoms with E-state index in [0.717, 1.165) is 15.5 Å². The highest BCUT2D eigenvalue weighted by atomic mass is 35.5. The molecule has 0 aliphatic rings. The van der Waals surface area contributed by atoms with Gasteiger partial charge in [-0.25, -0.2) is 0 Å². The smallest absolute Gasteiger partial charge is 0.332 e. The van der Waals surface area contributed by atoms with Crippen LogP contribution in [0.1, 0.15) is 27.7 Å². The van der Waals surface area contributed by atoms with Crippen LogP contribution in [0.2, 0.25) is 5.02 Å². The Bertz CT molecular complexity index is 1160. The molecule has 3 aromatic carbocycles. The van der Waals surface area contributed by atoms with E-state index in [9.17, 15) is 5.11 Å². The molecule has 1 aromatic heterocycles. The Kier molecular flexibility index (Phi) is 4.51. The standard InChI is InChI=1S/C22H21BClO2S/c1-21(2,25)22(3,4)26-23-16-11-10-15-18-14-8-6-5-7-13(14)9-12-17(18)27-20(15)19(16)24/h5-12,25H,1-4H3. The van der Waals surface area contributed by atoms with Gasteiger partial charge in [0.1, 0.15) is 0 Å². The minimum atomic E-state index is -0.976. The van der Waals surface area contributed by atoms with Crippen LogP contribution in [0.4, 0.5) is 0 Å². The summed E-state index contributed by atoms with van der Waals surface area (Å²) in [4.78, 5) is 0. The van der Waals surface area contributed by atoms with E-state index in [1.54, 1.807) is 32.7 Å². The Labute approximate surface area is 169 Å². The SMILES string of the molecule is CC(C)(O)C(C)(C)O[B]c1ccc2c(sc3ccc4ccccc4c32)c1Cl. The third kappa shape index (κ3) is 3.15. The molecule has 0 atom stereocenters. The van der Waals surface area contributed by atoms with Gasteiger partial charge in [0, 0.05) is 15.5 Å². The molecule has 2 nitrogen and oxygen atoms in total. The van der Waals surface area contributed by atoms with E-state index in [4.69, 9.17) is 16.3 Å². The monoisotopic (exact) mass is 395 g/mol. The van der Waals surface area contributed by atoms with Crippen LogP contribution in [0.5, 0.6) is 0 Å². The minimum Gasteiger partial charge on any atom is -0.427 e. The van der Waals surface area contributed by atoms with Crippen LogP contribution in [0.15, 0.2) is 48.5 Å². The number of thiophene rings is 1. The molecule has 0 bridgehead atoms. The van der Waals surface area contributed by atoms with Gasteiger partial charge >= 0.3 is 7.48 Å². The Morgan fingerprint density at radius 3 is 2.44 bits per heavy atom. The number of fused-ring (bicyclic) bond motifs is 5. The summed E-state index contributed by atoms with van der Waals surface area (Å²) in [6, 6.07) is 16.8. The summed E-state index contributed by atoms with van der Waals surface area (Å²) in [7, 11) is 1.65. The van der Waals surface area contributed by atoms with E-state index in [0.29, 0.717) is 5.02 Å². The fourth-order valence-corrected chi connectivity index (χ4v) is 4.53. The Balaban J connectivity index is 1.81. The van der Waals surface area contributed by atoms with Gasteiger partial charge in [-0.05, 0) is 50.0 Å². The normalized spacial score (nSPS) is 13.0. The van der Waals surface area contributed by atoms with E-state index in [-0.39, 0.29) is 0 Å². The first kappa shape index (κ1) is 18.8. The van der Waals surface area contributed by atoms with Crippen molar-refractivity contribution >= 4 is 66.8 Å². The largest absolute Gasteiger partial charge is 0.427 e. The lowest BCUT2D eigenvalue weighted by Crippen LogP contribution is -2.49. The van der Waals surface area contributed by atoms with E-state index in [2.05, 4.69) is 42.5 Å². The van der Waals surface area contributed by atoms with Crippen LogP contribution >= 0.6 is 22.9 Å². The number of benzene rings is 3. The number of halogens is 1. The van der Waals surface area contributed by atoms with Crippen molar-refractivity contribution in [3.05, 3.63) is 53.6 Å². The average Bonchev–Trinajstić information content (AvgIpc) is 3.00. The molecule has 1 N–H and O–H groups in total. The maximum Gasteiger partial charge on any atom is 0.332 e. The Morgan fingerprint density at radius 2 is 1.70 bits per heavy atom. The first-order chi connectivity index (χ1) is 12.7. The van der Waals surface area contributed by atoms with Crippen LogP contribution in [0.25, 0.3) is 30.9 Å². The van der Waals surface area contributed by atoms with Crippen LogP contribution in [0, 0.1) is 0 Å². The molecule has 0 aliphatic carbocycles. The highest BCUT2D eigenvalue weighted by molar-refractivity contribution is 7.26. The third-order valence-corrected chi connectivity index (χ3v) is 7.16. The van der Waals surface area contributed by atoms with Gasteiger partial charge in [0.2, 0.25) is 0 Å². The molecule has 0 spiro atoms. The number of rotatable bonds is 4. The molecular formula is C22H21BClO2S. The quantitative estimate of drug-likeness (QED) is 0.451. The van der Waals surface area contributed by atoms with Gasteiger partial charge in [-0.15, -0.1) is 11.3 Å². The molecule has 0 unspecified atom stereocenters. The summed E-state index contributed by atoms with van der Waals surface area (Å²) in [6.07, 6.45) is 0. The number of hydrogen-bond donors (Lipinski definition) is 1. The molecule has 1 heterocycles. The third-order valence-electron chi connectivity index (χ3n) is 5.45. The second-order valence-corrected chi connectivity index (χ2v) is 9.34. The van der Waals surface area contributed by atoms with Crippen molar-refractivity contribution in [2.24, 2.45) is 0 Å². The van der Waals surface area contributed by atoms with Crippen molar-refractivity contribution in [2.75, 3.05) is 0 Å². The molecule has 0 amide bonds. The molecule has 0 saturated carbocycles. The van der Waals surface area contributed by atoms with E-state index in [1.807, 2.05) is 19.9 Å². The summed E-state index contributed by atoms with van der Waals surface area (Å²) in [5.41, 5.74) is -0.893. The lowest BCUT2D eigenvalue weighted by Gasteiger charge is -2.37. The van der Waals surface area contributed by atoms with Crippen LogP contribution in [0.3, 0.4) is 0 Å². The molecule has 5 heteroatoms. The summed E-state index contributed by atoms with van der Waals surface area (Å²) >= 11 is 8.44. The first-order valence-corrected chi connectivity index (χ1v) is 10.1. The highest BCUT2D eigenvalue weighted by Gasteiger charge is 2.36. The van der Waals surface area contributed by atoms with Crippen molar-refractivity contribution in [3.8, 4) is 0 Å². The summed E-state index contributed by atoms with van der Waals surface area (Å²) in [5.74, 6) is 0. The topological polar surface area (TPSA) is 29.5 Å². The summed E-state index contributed by atoms with van der Waals surface area (Å²) < 4.78 is 8.18. The van der Waals surface area contributed by atoms with Gasteiger partial charge in [-0.1, -0.05) is 54.1 Å². The predicted octanol–water partition coefficient (Wildman–Crippen LogP) is 5.67. The maximum atomic E-state index is 10.3. The fourth-order valence-electron chi connectivity index (χ4n) is 3.04. The van der Waals surface area contributed by atoms with Gasteiger partial charge in [-0.3, -0.25) is 0 Å². The van der Waals surface area contributed by atoms with Gasteiger partial charge in [-0.2, -0.15) is 0 Å². The average molecular weight is 396 g/mol. The molecule has 4 rings (SSSR count). The molecule has 0 aliphatic heterocycles. The Morgan fingerprint density at radius 1 is 0.963 bits per heavy atom. The molecular weight excluding hydrogens is 375 g/mol. The van der Waals surface area contributed by atoms with Crippen LogP contribution in [-0.2, 0) is 4.65 Å². The summed E-state index contributed by atoms with van der Waals surface area (Å²) in [6.45, 7) is 7.20. The number of aliphatic hydroxyl groups is 1. The molecule has 4 aromatic rings.